The van der Waals surface area contributed by atoms with Gasteiger partial charge in [-0.3, -0.25) is 9.69 Å². The average molecular weight is 402 g/mol. The van der Waals surface area contributed by atoms with Gasteiger partial charge < -0.3 is 19.6 Å². The maximum atomic E-state index is 12.8. The standard InChI is InChI=1S/C23H35N3O3/c1-16-5-4-6-22(17(16)2)29-15-23(28)26-13-18-11-20(21(27)12-19(18)14-26)25-9-7-24(3)8-10-25/h4-6,18-21,27H,7-15H2,1-3H3/t18-,19+,20-,21-/m1/s1. The fraction of sp³-hybridized carbons (Fsp3) is 0.696. The van der Waals surface area contributed by atoms with E-state index in [9.17, 15) is 9.90 Å². The van der Waals surface area contributed by atoms with Crippen molar-refractivity contribution in [3.8, 4) is 5.75 Å². The number of likely N-dealkylation sites (N-methyl/N-ethyl adjacent to an activating group) is 1. The van der Waals surface area contributed by atoms with Crippen LogP contribution in [-0.2, 0) is 4.79 Å². The molecular weight excluding hydrogens is 366 g/mol. The van der Waals surface area contributed by atoms with E-state index >= 15 is 0 Å². The molecule has 3 fully saturated rings. The monoisotopic (exact) mass is 401 g/mol. The molecule has 0 aromatic heterocycles. The minimum atomic E-state index is -0.277. The Labute approximate surface area is 174 Å². The Kier molecular flexibility index (Phi) is 6.13. The molecule has 29 heavy (non-hydrogen) atoms. The van der Waals surface area contributed by atoms with Crippen LogP contribution >= 0.6 is 0 Å². The van der Waals surface area contributed by atoms with Crippen molar-refractivity contribution in [1.29, 1.82) is 0 Å². The number of amides is 1. The summed E-state index contributed by atoms with van der Waals surface area (Å²) in [5, 5.41) is 10.8. The highest BCUT2D eigenvalue weighted by molar-refractivity contribution is 5.78. The van der Waals surface area contributed by atoms with Crippen LogP contribution in [0.5, 0.6) is 5.75 Å². The van der Waals surface area contributed by atoms with Crippen LogP contribution in [0.1, 0.15) is 24.0 Å². The fourth-order valence-corrected chi connectivity index (χ4v) is 5.27. The zero-order chi connectivity index (χ0) is 20.5. The lowest BCUT2D eigenvalue weighted by molar-refractivity contribution is -0.132. The maximum Gasteiger partial charge on any atom is 0.260 e. The Morgan fingerprint density at radius 1 is 1.10 bits per heavy atom. The highest BCUT2D eigenvalue weighted by Gasteiger charge is 2.44. The van der Waals surface area contributed by atoms with Crippen molar-refractivity contribution in [2.24, 2.45) is 11.8 Å². The normalized spacial score (nSPS) is 31.0. The van der Waals surface area contributed by atoms with Crippen LogP contribution < -0.4 is 4.74 Å². The minimum absolute atomic E-state index is 0.0611. The molecule has 0 radical (unpaired) electrons. The number of likely N-dealkylation sites (tertiary alicyclic amines) is 1. The van der Waals surface area contributed by atoms with Crippen molar-refractivity contribution >= 4 is 5.91 Å². The predicted octanol–water partition coefficient (Wildman–Crippen LogP) is 1.53. The Bertz CT molecular complexity index is 732. The third-order valence-electron chi connectivity index (χ3n) is 7.37. The number of carbonyl (C=O) groups is 1. The van der Waals surface area contributed by atoms with Gasteiger partial charge in [-0.05, 0) is 62.8 Å². The summed E-state index contributed by atoms with van der Waals surface area (Å²) in [4.78, 5) is 19.6. The van der Waals surface area contributed by atoms with Crippen molar-refractivity contribution in [3.05, 3.63) is 29.3 Å². The molecule has 0 unspecified atom stereocenters. The number of ether oxygens (including phenoxy) is 1. The van der Waals surface area contributed by atoms with Crippen molar-refractivity contribution in [2.75, 3.05) is 52.9 Å². The first kappa shape index (κ1) is 20.6. The molecule has 1 amide bonds. The van der Waals surface area contributed by atoms with Crippen LogP contribution in [0.15, 0.2) is 18.2 Å². The van der Waals surface area contributed by atoms with Gasteiger partial charge in [0.15, 0.2) is 6.61 Å². The Hall–Kier alpha value is -1.63. The Morgan fingerprint density at radius 3 is 2.52 bits per heavy atom. The number of piperazine rings is 1. The highest BCUT2D eigenvalue weighted by Crippen LogP contribution is 2.38. The molecule has 1 aliphatic carbocycles. The molecule has 4 atom stereocenters. The number of benzene rings is 1. The molecule has 0 bridgehead atoms. The van der Waals surface area contributed by atoms with E-state index in [2.05, 4.69) is 29.8 Å². The first-order chi connectivity index (χ1) is 13.9. The second kappa shape index (κ2) is 8.62. The Balaban J connectivity index is 1.32. The van der Waals surface area contributed by atoms with Gasteiger partial charge in [-0.2, -0.15) is 0 Å². The summed E-state index contributed by atoms with van der Waals surface area (Å²) in [7, 11) is 2.16. The van der Waals surface area contributed by atoms with E-state index in [1.807, 2.05) is 24.0 Å². The molecule has 1 saturated carbocycles. The summed E-state index contributed by atoms with van der Waals surface area (Å²) >= 11 is 0. The number of hydrogen-bond donors (Lipinski definition) is 1. The van der Waals surface area contributed by atoms with Gasteiger partial charge in [-0.1, -0.05) is 12.1 Å². The molecule has 6 nitrogen and oxygen atoms in total. The van der Waals surface area contributed by atoms with Gasteiger partial charge in [-0.25, -0.2) is 0 Å². The minimum Gasteiger partial charge on any atom is -0.483 e. The van der Waals surface area contributed by atoms with Gasteiger partial charge in [0.2, 0.25) is 0 Å². The molecule has 160 valence electrons. The first-order valence-electron chi connectivity index (χ1n) is 11.0. The zero-order valence-corrected chi connectivity index (χ0v) is 18.0. The van der Waals surface area contributed by atoms with Crippen LogP contribution in [0.4, 0.5) is 0 Å². The second-order valence-electron chi connectivity index (χ2n) is 9.25. The van der Waals surface area contributed by atoms with E-state index in [4.69, 9.17) is 4.74 Å². The topological polar surface area (TPSA) is 56.2 Å². The number of aryl methyl sites for hydroxylation is 1. The largest absolute Gasteiger partial charge is 0.483 e. The molecule has 1 N–H and O–H groups in total. The summed E-state index contributed by atoms with van der Waals surface area (Å²) in [6.45, 7) is 9.92. The molecule has 2 aliphatic heterocycles. The van der Waals surface area contributed by atoms with Crippen LogP contribution in [0.2, 0.25) is 0 Å². The molecule has 1 aromatic rings. The number of hydrogen-bond acceptors (Lipinski definition) is 5. The number of rotatable bonds is 4. The lowest BCUT2D eigenvalue weighted by Crippen LogP contribution is -2.55. The van der Waals surface area contributed by atoms with E-state index in [-0.39, 0.29) is 24.7 Å². The van der Waals surface area contributed by atoms with E-state index in [1.165, 1.54) is 5.56 Å². The third-order valence-corrected chi connectivity index (χ3v) is 7.37. The van der Waals surface area contributed by atoms with E-state index in [1.54, 1.807) is 0 Å². The molecule has 0 spiro atoms. The van der Waals surface area contributed by atoms with Crippen molar-refractivity contribution in [2.45, 2.75) is 38.8 Å². The van der Waals surface area contributed by atoms with Gasteiger partial charge in [0.1, 0.15) is 5.75 Å². The number of nitrogens with zero attached hydrogens (tertiary/aromatic N) is 3. The van der Waals surface area contributed by atoms with Gasteiger partial charge in [0.05, 0.1) is 6.10 Å². The Morgan fingerprint density at radius 2 is 1.79 bits per heavy atom. The molecule has 2 saturated heterocycles. The lowest BCUT2D eigenvalue weighted by atomic mass is 9.77. The SMILES string of the molecule is Cc1cccc(OCC(=O)N2C[C@H]3C[C@@H](N4CCN(C)CC4)[C@H](O)C[C@H]3C2)c1C. The van der Waals surface area contributed by atoms with Crippen LogP contribution in [0.25, 0.3) is 0 Å². The number of aliphatic hydroxyl groups is 1. The molecule has 2 heterocycles. The van der Waals surface area contributed by atoms with E-state index in [0.29, 0.717) is 11.8 Å². The summed E-state index contributed by atoms with van der Waals surface area (Å²) < 4.78 is 5.84. The molecule has 3 aliphatic rings. The highest BCUT2D eigenvalue weighted by atomic mass is 16.5. The summed E-state index contributed by atoms with van der Waals surface area (Å²) in [5.74, 6) is 1.76. The molecule has 1 aromatic carbocycles. The molecule has 4 rings (SSSR count). The second-order valence-corrected chi connectivity index (χ2v) is 9.25. The molecule has 6 heteroatoms. The first-order valence-corrected chi connectivity index (χ1v) is 11.0. The number of carbonyl (C=O) groups excluding carboxylic acids is 1. The summed E-state index contributed by atoms with van der Waals surface area (Å²) in [5.41, 5.74) is 2.26. The quantitative estimate of drug-likeness (QED) is 0.829. The number of aliphatic hydroxyl groups excluding tert-OH is 1. The van der Waals surface area contributed by atoms with Gasteiger partial charge in [-0.15, -0.1) is 0 Å². The van der Waals surface area contributed by atoms with Gasteiger partial charge in [0, 0.05) is 45.3 Å². The van der Waals surface area contributed by atoms with Crippen LogP contribution in [0.3, 0.4) is 0 Å². The van der Waals surface area contributed by atoms with Crippen LogP contribution in [-0.4, -0.2) is 90.8 Å². The van der Waals surface area contributed by atoms with E-state index in [0.717, 1.165) is 63.4 Å². The zero-order valence-electron chi connectivity index (χ0n) is 18.0. The lowest BCUT2D eigenvalue weighted by Gasteiger charge is -2.44. The van der Waals surface area contributed by atoms with Crippen molar-refractivity contribution in [3.63, 3.8) is 0 Å². The van der Waals surface area contributed by atoms with Crippen molar-refractivity contribution in [1.82, 2.24) is 14.7 Å². The maximum absolute atomic E-state index is 12.8. The number of fused-ring (bicyclic) bond motifs is 1. The van der Waals surface area contributed by atoms with Crippen molar-refractivity contribution < 1.29 is 14.6 Å². The third kappa shape index (κ3) is 4.44. The van der Waals surface area contributed by atoms with Gasteiger partial charge >= 0.3 is 0 Å². The molecular formula is C23H35N3O3. The van der Waals surface area contributed by atoms with E-state index < -0.39 is 0 Å². The van der Waals surface area contributed by atoms with Crippen LogP contribution in [0, 0.1) is 25.7 Å². The summed E-state index contributed by atoms with van der Waals surface area (Å²) in [6, 6.07) is 6.19. The fourth-order valence-electron chi connectivity index (χ4n) is 5.27. The average Bonchev–Trinajstić information content (AvgIpc) is 3.12. The van der Waals surface area contributed by atoms with Gasteiger partial charge in [0.25, 0.3) is 5.91 Å². The smallest absolute Gasteiger partial charge is 0.260 e. The predicted molar refractivity (Wildman–Crippen MR) is 113 cm³/mol. The summed E-state index contributed by atoms with van der Waals surface area (Å²) in [6.07, 6.45) is 1.53.